The molecule has 0 spiro atoms. The molecule has 4 rings (SSSR count). The first-order valence-electron chi connectivity index (χ1n) is 8.01. The van der Waals surface area contributed by atoms with E-state index in [9.17, 15) is 9.59 Å². The van der Waals surface area contributed by atoms with Crippen molar-refractivity contribution in [2.45, 2.75) is 13.3 Å². The second kappa shape index (κ2) is 6.61. The number of carbonyl (C=O) groups is 1. The van der Waals surface area contributed by atoms with Gasteiger partial charge in [0.15, 0.2) is 5.58 Å². The summed E-state index contributed by atoms with van der Waals surface area (Å²) in [6.07, 6.45) is 0.208. The Bertz CT molecular complexity index is 1160. The first kappa shape index (κ1) is 16.3. The van der Waals surface area contributed by atoms with Crippen LogP contribution in [0.3, 0.4) is 0 Å². The van der Waals surface area contributed by atoms with Gasteiger partial charge in [-0.15, -0.1) is 11.3 Å². The lowest BCUT2D eigenvalue weighted by Gasteiger charge is -2.04. The molecule has 2 aromatic heterocycles. The molecule has 0 aliphatic carbocycles. The fourth-order valence-electron chi connectivity index (χ4n) is 2.69. The minimum Gasteiger partial charge on any atom is -0.408 e. The van der Waals surface area contributed by atoms with Crippen LogP contribution in [-0.4, -0.2) is 15.9 Å². The van der Waals surface area contributed by atoms with Gasteiger partial charge in [0.25, 0.3) is 0 Å². The Morgan fingerprint density at radius 2 is 2.15 bits per heavy atom. The van der Waals surface area contributed by atoms with Gasteiger partial charge in [-0.3, -0.25) is 9.78 Å². The summed E-state index contributed by atoms with van der Waals surface area (Å²) in [6.45, 7) is 1.98. The molecule has 0 unspecified atom stereocenters. The first-order valence-corrected chi connectivity index (χ1v) is 8.89. The molecule has 2 aromatic carbocycles. The van der Waals surface area contributed by atoms with E-state index in [4.69, 9.17) is 4.42 Å². The summed E-state index contributed by atoms with van der Waals surface area (Å²) in [5.74, 6) is -0.590. The van der Waals surface area contributed by atoms with Gasteiger partial charge in [-0.1, -0.05) is 18.2 Å². The number of thiazole rings is 1. The zero-order valence-corrected chi connectivity index (χ0v) is 14.7. The molecule has 26 heavy (non-hydrogen) atoms. The fourth-order valence-corrected chi connectivity index (χ4v) is 3.50. The van der Waals surface area contributed by atoms with Crippen molar-refractivity contribution < 1.29 is 9.21 Å². The molecule has 4 aromatic rings. The first-order chi connectivity index (χ1) is 12.6. The molecule has 7 heteroatoms. The maximum atomic E-state index is 12.2. The number of rotatable bonds is 4. The van der Waals surface area contributed by atoms with Gasteiger partial charge in [0.1, 0.15) is 5.01 Å². The molecule has 0 aliphatic heterocycles. The minimum absolute atomic E-state index is 0.108. The van der Waals surface area contributed by atoms with Crippen LogP contribution in [0.2, 0.25) is 0 Å². The lowest BCUT2D eigenvalue weighted by Crippen LogP contribution is -2.14. The molecule has 6 nitrogen and oxygen atoms in total. The Morgan fingerprint density at radius 3 is 3.00 bits per heavy atom. The van der Waals surface area contributed by atoms with Gasteiger partial charge < -0.3 is 9.73 Å². The lowest BCUT2D eigenvalue weighted by molar-refractivity contribution is -0.115. The standard InChI is InChI=1S/C19H15N3O3S/c1-11-3-2-4-13(7-11)20-17(23)9-18-21-15(10-26-18)12-5-6-14-16(8-12)25-19(24)22-14/h2-8,10H,9H2,1H3,(H,20,23)(H,22,24). The number of anilines is 1. The van der Waals surface area contributed by atoms with Gasteiger partial charge in [0.2, 0.25) is 5.91 Å². The molecular formula is C19H15N3O3S. The van der Waals surface area contributed by atoms with E-state index in [1.165, 1.54) is 11.3 Å². The largest absolute Gasteiger partial charge is 0.417 e. The van der Waals surface area contributed by atoms with Gasteiger partial charge >= 0.3 is 5.76 Å². The number of carbonyl (C=O) groups excluding carboxylic acids is 1. The monoisotopic (exact) mass is 365 g/mol. The van der Waals surface area contributed by atoms with Crippen molar-refractivity contribution >= 4 is 34.0 Å². The van der Waals surface area contributed by atoms with Crippen molar-refractivity contribution in [3.05, 3.63) is 69.0 Å². The van der Waals surface area contributed by atoms with Crippen LogP contribution >= 0.6 is 11.3 Å². The zero-order chi connectivity index (χ0) is 18.1. The van der Waals surface area contributed by atoms with Crippen LogP contribution in [0.5, 0.6) is 0 Å². The maximum Gasteiger partial charge on any atom is 0.417 e. The third-order valence-electron chi connectivity index (χ3n) is 3.88. The normalized spacial score (nSPS) is 11.0. The summed E-state index contributed by atoms with van der Waals surface area (Å²) >= 11 is 1.42. The zero-order valence-electron chi connectivity index (χ0n) is 13.9. The molecular weight excluding hydrogens is 350 g/mol. The van der Waals surface area contributed by atoms with E-state index in [0.29, 0.717) is 11.1 Å². The summed E-state index contributed by atoms with van der Waals surface area (Å²) in [4.78, 5) is 30.6. The number of fused-ring (bicyclic) bond motifs is 1. The van der Waals surface area contributed by atoms with Gasteiger partial charge in [-0.05, 0) is 36.8 Å². The van der Waals surface area contributed by atoms with Gasteiger partial charge in [0.05, 0.1) is 17.6 Å². The van der Waals surface area contributed by atoms with E-state index in [1.54, 1.807) is 12.1 Å². The Morgan fingerprint density at radius 1 is 1.27 bits per heavy atom. The molecule has 0 saturated carbocycles. The number of nitrogens with zero attached hydrogens (tertiary/aromatic N) is 1. The van der Waals surface area contributed by atoms with Crippen LogP contribution in [0.1, 0.15) is 10.6 Å². The van der Waals surface area contributed by atoms with E-state index in [2.05, 4.69) is 15.3 Å². The van der Waals surface area contributed by atoms with Crippen LogP contribution in [0.15, 0.2) is 57.1 Å². The van der Waals surface area contributed by atoms with Gasteiger partial charge in [0, 0.05) is 16.6 Å². The van der Waals surface area contributed by atoms with Crippen molar-refractivity contribution in [3.8, 4) is 11.3 Å². The van der Waals surface area contributed by atoms with Crippen LogP contribution in [0.25, 0.3) is 22.4 Å². The average molecular weight is 365 g/mol. The fraction of sp³-hybridized carbons (Fsp3) is 0.105. The number of nitrogens with one attached hydrogen (secondary N) is 2. The number of aryl methyl sites for hydroxylation is 1. The Balaban J connectivity index is 1.49. The highest BCUT2D eigenvalue weighted by Gasteiger charge is 2.11. The van der Waals surface area contributed by atoms with Crippen molar-refractivity contribution in [1.82, 2.24) is 9.97 Å². The number of amides is 1. The van der Waals surface area contributed by atoms with Crippen molar-refractivity contribution in [3.63, 3.8) is 0 Å². The van der Waals surface area contributed by atoms with Crippen LogP contribution in [0.4, 0.5) is 5.69 Å². The molecule has 0 bridgehead atoms. The third-order valence-corrected chi connectivity index (χ3v) is 4.73. The summed E-state index contributed by atoms with van der Waals surface area (Å²) in [6, 6.07) is 13.1. The van der Waals surface area contributed by atoms with Crippen molar-refractivity contribution in [2.24, 2.45) is 0 Å². The molecule has 1 amide bonds. The summed E-state index contributed by atoms with van der Waals surface area (Å²) < 4.78 is 5.08. The number of aromatic amines is 1. The summed E-state index contributed by atoms with van der Waals surface area (Å²) in [5.41, 5.74) is 4.58. The van der Waals surface area contributed by atoms with E-state index in [0.717, 1.165) is 27.5 Å². The number of aromatic nitrogens is 2. The number of benzene rings is 2. The quantitative estimate of drug-likeness (QED) is 0.577. The van der Waals surface area contributed by atoms with E-state index >= 15 is 0 Å². The maximum absolute atomic E-state index is 12.2. The molecule has 130 valence electrons. The number of hydrogen-bond acceptors (Lipinski definition) is 5. The smallest absolute Gasteiger partial charge is 0.408 e. The average Bonchev–Trinajstić information content (AvgIpc) is 3.19. The third kappa shape index (κ3) is 3.43. The van der Waals surface area contributed by atoms with E-state index in [1.807, 2.05) is 42.6 Å². The van der Waals surface area contributed by atoms with Crippen LogP contribution in [0, 0.1) is 6.92 Å². The van der Waals surface area contributed by atoms with Gasteiger partial charge in [-0.2, -0.15) is 0 Å². The lowest BCUT2D eigenvalue weighted by atomic mass is 10.1. The number of H-pyrrole nitrogens is 1. The summed E-state index contributed by atoms with van der Waals surface area (Å²) in [7, 11) is 0. The predicted octanol–water partition coefficient (Wildman–Crippen LogP) is 3.73. The van der Waals surface area contributed by atoms with Gasteiger partial charge in [-0.25, -0.2) is 9.78 Å². The molecule has 0 fully saturated rings. The summed E-state index contributed by atoms with van der Waals surface area (Å²) in [5, 5.41) is 5.49. The molecule has 0 saturated heterocycles. The molecule has 2 N–H and O–H groups in total. The minimum atomic E-state index is -0.482. The van der Waals surface area contributed by atoms with E-state index in [-0.39, 0.29) is 12.3 Å². The molecule has 0 aliphatic rings. The second-order valence-electron chi connectivity index (χ2n) is 5.95. The van der Waals surface area contributed by atoms with Crippen molar-refractivity contribution in [2.75, 3.05) is 5.32 Å². The number of hydrogen-bond donors (Lipinski definition) is 2. The highest BCUT2D eigenvalue weighted by Crippen LogP contribution is 2.25. The van der Waals surface area contributed by atoms with Crippen LogP contribution in [-0.2, 0) is 11.2 Å². The highest BCUT2D eigenvalue weighted by molar-refractivity contribution is 7.10. The molecule has 0 radical (unpaired) electrons. The Labute approximate surface area is 152 Å². The number of oxazole rings is 1. The highest BCUT2D eigenvalue weighted by atomic mass is 32.1. The second-order valence-corrected chi connectivity index (χ2v) is 6.89. The Hall–Kier alpha value is -3.19. The van der Waals surface area contributed by atoms with Crippen LogP contribution < -0.4 is 11.1 Å². The molecule has 2 heterocycles. The van der Waals surface area contributed by atoms with Crippen molar-refractivity contribution in [1.29, 1.82) is 0 Å². The predicted molar refractivity (Wildman–Crippen MR) is 101 cm³/mol. The SMILES string of the molecule is Cc1cccc(NC(=O)Cc2nc(-c3ccc4[nH]c(=O)oc4c3)cs2)c1. The van der Waals surface area contributed by atoms with E-state index < -0.39 is 5.76 Å². The topological polar surface area (TPSA) is 88.0 Å². The molecule has 0 atom stereocenters. The Kier molecular flexibility index (Phi) is 4.14.